The molecular formula is C30H27ClN4O3S. The maximum Gasteiger partial charge on any atom is 0.338 e. The smallest absolute Gasteiger partial charge is 0.338 e. The predicted molar refractivity (Wildman–Crippen MR) is 154 cm³/mol. The molecule has 0 spiro atoms. The van der Waals surface area contributed by atoms with Crippen molar-refractivity contribution in [2.24, 2.45) is 4.99 Å². The number of pyridine rings is 1. The Bertz CT molecular complexity index is 1440. The minimum atomic E-state index is -0.513. The summed E-state index contributed by atoms with van der Waals surface area (Å²) in [6.07, 6.45) is 2.52. The van der Waals surface area contributed by atoms with Gasteiger partial charge in [0.15, 0.2) is 5.17 Å². The number of esters is 1. The molecule has 39 heavy (non-hydrogen) atoms. The second-order valence-electron chi connectivity index (χ2n) is 9.10. The van der Waals surface area contributed by atoms with Crippen molar-refractivity contribution in [1.29, 1.82) is 0 Å². The van der Waals surface area contributed by atoms with Crippen molar-refractivity contribution in [1.82, 2.24) is 15.2 Å². The Morgan fingerprint density at radius 2 is 1.82 bits per heavy atom. The van der Waals surface area contributed by atoms with E-state index in [0.29, 0.717) is 34.4 Å². The number of amides is 1. The van der Waals surface area contributed by atoms with Crippen LogP contribution in [0, 0.1) is 0 Å². The third-order valence-electron chi connectivity index (χ3n) is 6.39. The van der Waals surface area contributed by atoms with E-state index in [2.05, 4.69) is 10.3 Å². The highest BCUT2D eigenvalue weighted by atomic mass is 35.5. The number of aromatic nitrogens is 1. The van der Waals surface area contributed by atoms with Crippen LogP contribution < -0.4 is 5.32 Å². The highest BCUT2D eigenvalue weighted by molar-refractivity contribution is 8.16. The van der Waals surface area contributed by atoms with E-state index in [1.54, 1.807) is 18.3 Å². The van der Waals surface area contributed by atoms with Crippen LogP contribution in [0.4, 0.5) is 0 Å². The van der Waals surface area contributed by atoms with Gasteiger partial charge in [-0.2, -0.15) is 0 Å². The van der Waals surface area contributed by atoms with Gasteiger partial charge in [0, 0.05) is 35.6 Å². The van der Waals surface area contributed by atoms with E-state index in [1.165, 1.54) is 11.8 Å². The van der Waals surface area contributed by atoms with Crippen LogP contribution in [0.5, 0.6) is 0 Å². The molecule has 5 rings (SSSR count). The highest BCUT2D eigenvalue weighted by Gasteiger charge is 2.41. The number of thioether (sulfide) groups is 1. The van der Waals surface area contributed by atoms with Crippen molar-refractivity contribution in [2.45, 2.75) is 32.4 Å². The Balaban J connectivity index is 1.35. The lowest BCUT2D eigenvalue weighted by atomic mass is 9.94. The van der Waals surface area contributed by atoms with Gasteiger partial charge in [0.05, 0.1) is 23.7 Å². The zero-order valence-corrected chi connectivity index (χ0v) is 22.9. The fourth-order valence-electron chi connectivity index (χ4n) is 4.50. The van der Waals surface area contributed by atoms with Gasteiger partial charge in [0.1, 0.15) is 6.61 Å². The molecule has 1 unspecified atom stereocenters. The van der Waals surface area contributed by atoms with Crippen LogP contribution in [0.1, 0.15) is 36.2 Å². The molecule has 2 aromatic carbocycles. The number of rotatable bonds is 9. The lowest BCUT2D eigenvalue weighted by Crippen LogP contribution is -2.38. The first-order valence-corrected chi connectivity index (χ1v) is 13.8. The second-order valence-corrected chi connectivity index (χ2v) is 10.4. The molecule has 7 nitrogen and oxygen atoms in total. The zero-order valence-electron chi connectivity index (χ0n) is 21.3. The van der Waals surface area contributed by atoms with Crippen molar-refractivity contribution < 1.29 is 14.3 Å². The number of amidine groups is 1. The van der Waals surface area contributed by atoms with Crippen molar-refractivity contribution >= 4 is 40.4 Å². The molecule has 2 aliphatic rings. The van der Waals surface area contributed by atoms with Crippen LogP contribution in [0.25, 0.3) is 0 Å². The van der Waals surface area contributed by atoms with Gasteiger partial charge >= 0.3 is 5.97 Å². The summed E-state index contributed by atoms with van der Waals surface area (Å²) in [4.78, 5) is 37.4. The van der Waals surface area contributed by atoms with Gasteiger partial charge in [-0.1, -0.05) is 71.9 Å². The Labute approximate surface area is 236 Å². The first-order chi connectivity index (χ1) is 19.0. The summed E-state index contributed by atoms with van der Waals surface area (Å²) in [6, 6.07) is 22.1. The molecule has 0 bridgehead atoms. The molecule has 0 radical (unpaired) electrons. The van der Waals surface area contributed by atoms with Gasteiger partial charge < -0.3 is 15.0 Å². The maximum absolute atomic E-state index is 13.5. The monoisotopic (exact) mass is 558 g/mol. The molecular weight excluding hydrogens is 532 g/mol. The van der Waals surface area contributed by atoms with Crippen molar-refractivity contribution in [3.63, 3.8) is 0 Å². The molecule has 1 atom stereocenters. The van der Waals surface area contributed by atoms with E-state index in [-0.39, 0.29) is 18.9 Å². The number of hydrogen-bond acceptors (Lipinski definition) is 7. The number of hydrogen-bond donors (Lipinski definition) is 1. The average Bonchev–Trinajstić information content (AvgIpc) is 3.34. The van der Waals surface area contributed by atoms with Crippen LogP contribution in [0.15, 0.2) is 106 Å². The summed E-state index contributed by atoms with van der Waals surface area (Å²) in [5, 5.41) is 6.21. The lowest BCUT2D eigenvalue weighted by Gasteiger charge is -2.36. The quantitative estimate of drug-likeness (QED) is 0.334. The minimum absolute atomic E-state index is 0.117. The Morgan fingerprint density at radius 1 is 1.05 bits per heavy atom. The lowest BCUT2D eigenvalue weighted by molar-refractivity contribution is -0.141. The fraction of sp³-hybridized carbons (Fsp3) is 0.200. The normalized spacial score (nSPS) is 16.4. The molecule has 1 N–H and O–H groups in total. The molecule has 198 valence electrons. The Kier molecular flexibility index (Phi) is 8.44. The molecule has 1 aromatic heterocycles. The van der Waals surface area contributed by atoms with Crippen LogP contribution in [0.3, 0.4) is 0 Å². The first kappa shape index (κ1) is 26.7. The number of nitrogens with zero attached hydrogens (tertiary/aromatic N) is 3. The fourth-order valence-corrected chi connectivity index (χ4v) is 5.59. The molecule has 3 heterocycles. The number of halogens is 1. The minimum Gasteiger partial charge on any atom is -0.457 e. The van der Waals surface area contributed by atoms with E-state index in [9.17, 15) is 9.59 Å². The van der Waals surface area contributed by atoms with E-state index >= 15 is 0 Å². The highest BCUT2D eigenvalue weighted by Crippen LogP contribution is 2.45. The third kappa shape index (κ3) is 6.41. The molecule has 0 saturated carbocycles. The summed E-state index contributed by atoms with van der Waals surface area (Å²) < 4.78 is 5.74. The molecule has 1 amide bonds. The summed E-state index contributed by atoms with van der Waals surface area (Å²) in [7, 11) is 0. The number of ether oxygens (including phenoxy) is 1. The van der Waals surface area contributed by atoms with Gasteiger partial charge in [-0.3, -0.25) is 9.78 Å². The van der Waals surface area contributed by atoms with Crippen LogP contribution >= 0.6 is 23.4 Å². The average molecular weight is 559 g/mol. The van der Waals surface area contributed by atoms with Crippen molar-refractivity contribution in [2.75, 3.05) is 6.54 Å². The van der Waals surface area contributed by atoms with Crippen LogP contribution in [-0.2, 0) is 27.4 Å². The summed E-state index contributed by atoms with van der Waals surface area (Å²) >= 11 is 7.62. The largest absolute Gasteiger partial charge is 0.457 e. The van der Waals surface area contributed by atoms with Gasteiger partial charge in [0.2, 0.25) is 5.91 Å². The SMILES string of the molecule is CC1=C(C(=O)OCc2ccccc2)C(c2ccc(Cl)cc2)N2C(CC(=O)NCCc3ccccn3)=CSC2=N1. The van der Waals surface area contributed by atoms with E-state index in [1.807, 2.05) is 77.9 Å². The summed E-state index contributed by atoms with van der Waals surface area (Å²) in [5.74, 6) is -0.566. The number of fused-ring (bicyclic) bond motifs is 1. The molecule has 0 fully saturated rings. The molecule has 0 aliphatic carbocycles. The second kappa shape index (κ2) is 12.3. The van der Waals surface area contributed by atoms with Crippen LogP contribution in [-0.4, -0.2) is 33.5 Å². The third-order valence-corrected chi connectivity index (χ3v) is 7.53. The number of carbonyl (C=O) groups is 2. The number of nitrogens with one attached hydrogen (secondary N) is 1. The van der Waals surface area contributed by atoms with Gasteiger partial charge in [-0.25, -0.2) is 9.79 Å². The Hall–Kier alpha value is -3.88. The van der Waals surface area contributed by atoms with Gasteiger partial charge in [-0.05, 0) is 47.7 Å². The molecule has 0 saturated heterocycles. The maximum atomic E-state index is 13.5. The molecule has 9 heteroatoms. The summed E-state index contributed by atoms with van der Waals surface area (Å²) in [5.41, 5.74) is 4.44. The molecule has 2 aliphatic heterocycles. The summed E-state index contributed by atoms with van der Waals surface area (Å²) in [6.45, 7) is 2.44. The van der Waals surface area contributed by atoms with Crippen molar-refractivity contribution in [3.8, 4) is 0 Å². The Morgan fingerprint density at radius 3 is 2.56 bits per heavy atom. The standard InChI is InChI=1S/C30H27ClN4O3S/c1-20-27(29(37)38-18-21-7-3-2-4-8-21)28(22-10-12-23(31)13-11-22)35-25(19-39-30(35)34-20)17-26(36)33-16-14-24-9-5-6-15-32-24/h2-13,15,19,28H,14,16-18H2,1H3,(H,33,36). The zero-order chi connectivity index (χ0) is 27.2. The van der Waals surface area contributed by atoms with E-state index in [4.69, 9.17) is 21.3 Å². The van der Waals surface area contributed by atoms with E-state index < -0.39 is 12.0 Å². The molecule has 3 aromatic rings. The number of allylic oxidation sites excluding steroid dienone is 1. The van der Waals surface area contributed by atoms with E-state index in [0.717, 1.165) is 22.5 Å². The van der Waals surface area contributed by atoms with Gasteiger partial charge in [0.25, 0.3) is 0 Å². The first-order valence-electron chi connectivity index (χ1n) is 12.6. The number of carbonyl (C=O) groups excluding carboxylic acids is 2. The number of benzene rings is 2. The predicted octanol–water partition coefficient (Wildman–Crippen LogP) is 5.80. The van der Waals surface area contributed by atoms with Crippen molar-refractivity contribution in [3.05, 3.63) is 123 Å². The van der Waals surface area contributed by atoms with Gasteiger partial charge in [-0.15, -0.1) is 0 Å². The topological polar surface area (TPSA) is 83.9 Å². The van der Waals surface area contributed by atoms with Crippen LogP contribution in [0.2, 0.25) is 5.02 Å². The number of aliphatic imine (C=N–C) groups is 1.